The van der Waals surface area contributed by atoms with Crippen molar-refractivity contribution in [3.8, 4) is 10.6 Å². The molecular formula is C16H13N2S2+. The number of rotatable bonds is 1. The first-order valence-corrected chi connectivity index (χ1v) is 8.10. The average molecular weight is 297 g/mol. The molecule has 0 amide bonds. The molecule has 0 atom stereocenters. The van der Waals surface area contributed by atoms with Gasteiger partial charge in [0.05, 0.1) is 10.3 Å². The van der Waals surface area contributed by atoms with Gasteiger partial charge in [0.15, 0.2) is 0 Å². The Labute approximate surface area is 125 Å². The van der Waals surface area contributed by atoms with Crippen LogP contribution in [0.25, 0.3) is 30.2 Å². The molecule has 0 N–H and O–H groups in total. The molecule has 98 valence electrons. The minimum Gasteiger partial charge on any atom is -0.263 e. The molecule has 2 nitrogen and oxygen atoms in total. The standard InChI is InChI=1S/C16H13N2S2/c1-10-5-3-4-6-11(10)15-18(2)16-14(20-15)12-7-8-17-9-13(12)19-16/h3-9H,1-2H3/q+1. The Morgan fingerprint density at radius 2 is 1.95 bits per heavy atom. The molecule has 4 aromatic rings. The molecular weight excluding hydrogens is 284 g/mol. The van der Waals surface area contributed by atoms with Gasteiger partial charge in [-0.1, -0.05) is 40.9 Å². The second-order valence-corrected chi connectivity index (χ2v) is 6.92. The fraction of sp³-hybridized carbons (Fsp3) is 0.125. The summed E-state index contributed by atoms with van der Waals surface area (Å²) in [6.45, 7) is 2.17. The van der Waals surface area contributed by atoms with Crippen LogP contribution in [0.15, 0.2) is 42.7 Å². The quantitative estimate of drug-likeness (QED) is 0.478. The van der Waals surface area contributed by atoms with Crippen LogP contribution in [0.2, 0.25) is 0 Å². The van der Waals surface area contributed by atoms with Crippen LogP contribution in [0, 0.1) is 6.92 Å². The molecule has 0 fully saturated rings. The molecule has 0 saturated heterocycles. The molecule has 1 aromatic carbocycles. The summed E-state index contributed by atoms with van der Waals surface area (Å²) in [4.78, 5) is 5.55. The number of hydrogen-bond donors (Lipinski definition) is 0. The Kier molecular flexibility index (Phi) is 2.62. The van der Waals surface area contributed by atoms with Crippen LogP contribution in [-0.2, 0) is 7.05 Å². The van der Waals surface area contributed by atoms with Crippen LogP contribution in [0.4, 0.5) is 0 Å². The van der Waals surface area contributed by atoms with E-state index in [1.807, 2.05) is 35.1 Å². The van der Waals surface area contributed by atoms with Crippen molar-refractivity contribution >= 4 is 42.3 Å². The minimum atomic E-state index is 1.26. The SMILES string of the molecule is Cc1ccccc1-c1sc2c3ccncc3sc2[n+]1C. The maximum Gasteiger partial charge on any atom is 0.281 e. The van der Waals surface area contributed by atoms with Gasteiger partial charge in [-0.25, -0.2) is 0 Å². The third kappa shape index (κ3) is 1.62. The topological polar surface area (TPSA) is 16.8 Å². The van der Waals surface area contributed by atoms with E-state index >= 15 is 0 Å². The van der Waals surface area contributed by atoms with Gasteiger partial charge in [-0.2, -0.15) is 4.57 Å². The van der Waals surface area contributed by atoms with Crippen molar-refractivity contribution in [1.82, 2.24) is 4.98 Å². The van der Waals surface area contributed by atoms with Gasteiger partial charge in [0, 0.05) is 17.8 Å². The first-order chi connectivity index (χ1) is 9.75. The fourth-order valence-corrected chi connectivity index (χ4v) is 5.22. The first kappa shape index (κ1) is 12.0. The predicted octanol–water partition coefficient (Wildman–Crippen LogP) is 4.31. The van der Waals surface area contributed by atoms with Gasteiger partial charge in [0.1, 0.15) is 11.7 Å². The highest BCUT2D eigenvalue weighted by Crippen LogP contribution is 2.39. The van der Waals surface area contributed by atoms with Crippen LogP contribution in [0.5, 0.6) is 0 Å². The van der Waals surface area contributed by atoms with Crippen LogP contribution in [0.1, 0.15) is 5.56 Å². The normalized spacial score (nSPS) is 11.5. The zero-order valence-corrected chi connectivity index (χ0v) is 12.9. The fourth-order valence-electron chi connectivity index (χ4n) is 2.54. The lowest BCUT2D eigenvalue weighted by molar-refractivity contribution is -0.627. The first-order valence-electron chi connectivity index (χ1n) is 6.47. The highest BCUT2D eigenvalue weighted by Gasteiger charge is 2.23. The van der Waals surface area contributed by atoms with Gasteiger partial charge >= 0.3 is 0 Å². The van der Waals surface area contributed by atoms with Crippen molar-refractivity contribution in [3.05, 3.63) is 48.3 Å². The summed E-state index contributed by atoms with van der Waals surface area (Å²) in [7, 11) is 2.16. The van der Waals surface area contributed by atoms with E-state index in [1.54, 1.807) is 0 Å². The van der Waals surface area contributed by atoms with E-state index < -0.39 is 0 Å². The molecule has 0 aliphatic rings. The van der Waals surface area contributed by atoms with Gasteiger partial charge in [-0.3, -0.25) is 4.98 Å². The molecule has 0 bridgehead atoms. The molecule has 0 radical (unpaired) electrons. The smallest absolute Gasteiger partial charge is 0.263 e. The van der Waals surface area contributed by atoms with E-state index in [4.69, 9.17) is 0 Å². The highest BCUT2D eigenvalue weighted by molar-refractivity contribution is 7.32. The van der Waals surface area contributed by atoms with Gasteiger partial charge in [-0.05, 0) is 24.6 Å². The molecule has 0 aliphatic carbocycles. The molecule has 0 aliphatic heterocycles. The van der Waals surface area contributed by atoms with E-state index in [0.29, 0.717) is 0 Å². The lowest BCUT2D eigenvalue weighted by Gasteiger charge is -1.98. The van der Waals surface area contributed by atoms with E-state index in [-0.39, 0.29) is 0 Å². The minimum absolute atomic E-state index is 1.26. The number of hydrogen-bond acceptors (Lipinski definition) is 3. The maximum atomic E-state index is 4.22. The number of fused-ring (bicyclic) bond motifs is 3. The lowest BCUT2D eigenvalue weighted by atomic mass is 10.1. The molecule has 0 unspecified atom stereocenters. The zero-order valence-electron chi connectivity index (χ0n) is 11.3. The predicted molar refractivity (Wildman–Crippen MR) is 86.4 cm³/mol. The molecule has 4 rings (SSSR count). The van der Waals surface area contributed by atoms with E-state index in [2.05, 4.69) is 53.9 Å². The van der Waals surface area contributed by atoms with Crippen molar-refractivity contribution in [2.24, 2.45) is 7.05 Å². The van der Waals surface area contributed by atoms with Gasteiger partial charge in [0.2, 0.25) is 0 Å². The summed E-state index contributed by atoms with van der Waals surface area (Å²) < 4.78 is 4.95. The third-order valence-electron chi connectivity index (χ3n) is 3.61. The van der Waals surface area contributed by atoms with Crippen molar-refractivity contribution in [2.75, 3.05) is 0 Å². The second-order valence-electron chi connectivity index (χ2n) is 4.89. The summed E-state index contributed by atoms with van der Waals surface area (Å²) in [5, 5.41) is 2.64. The number of thiophene rings is 1. The molecule has 20 heavy (non-hydrogen) atoms. The lowest BCUT2D eigenvalue weighted by Crippen LogP contribution is -2.27. The van der Waals surface area contributed by atoms with Gasteiger partial charge < -0.3 is 0 Å². The van der Waals surface area contributed by atoms with E-state index in [0.717, 1.165) is 0 Å². The summed E-state index contributed by atoms with van der Waals surface area (Å²) in [6, 6.07) is 10.7. The number of aromatic nitrogens is 2. The maximum absolute atomic E-state index is 4.22. The molecule has 0 spiro atoms. The van der Waals surface area contributed by atoms with Crippen LogP contribution < -0.4 is 4.57 Å². The Morgan fingerprint density at radius 3 is 2.80 bits per heavy atom. The number of thiazole rings is 1. The van der Waals surface area contributed by atoms with Gasteiger partial charge in [0.25, 0.3) is 9.84 Å². The zero-order chi connectivity index (χ0) is 13.7. The Morgan fingerprint density at radius 1 is 1.10 bits per heavy atom. The molecule has 3 heterocycles. The van der Waals surface area contributed by atoms with Crippen molar-refractivity contribution in [1.29, 1.82) is 0 Å². The summed E-state index contributed by atoms with van der Waals surface area (Å²) in [5.41, 5.74) is 2.65. The largest absolute Gasteiger partial charge is 0.281 e. The number of nitrogens with zero attached hydrogens (tertiary/aromatic N) is 2. The number of benzene rings is 1. The van der Waals surface area contributed by atoms with E-state index in [1.165, 1.54) is 35.8 Å². The summed E-state index contributed by atoms with van der Waals surface area (Å²) in [5.74, 6) is 0. The Hall–Kier alpha value is -1.78. The monoisotopic (exact) mass is 297 g/mol. The summed E-state index contributed by atoms with van der Waals surface area (Å²) >= 11 is 3.69. The van der Waals surface area contributed by atoms with Crippen molar-refractivity contribution < 1.29 is 4.57 Å². The van der Waals surface area contributed by atoms with Crippen molar-refractivity contribution in [3.63, 3.8) is 0 Å². The van der Waals surface area contributed by atoms with Gasteiger partial charge in [-0.15, -0.1) is 0 Å². The van der Waals surface area contributed by atoms with E-state index in [9.17, 15) is 0 Å². The molecule has 0 saturated carbocycles. The van der Waals surface area contributed by atoms with Crippen LogP contribution in [-0.4, -0.2) is 4.98 Å². The number of pyridine rings is 1. The second kappa shape index (κ2) is 4.36. The van der Waals surface area contributed by atoms with Crippen LogP contribution in [0.3, 0.4) is 0 Å². The molecule has 4 heteroatoms. The highest BCUT2D eigenvalue weighted by atomic mass is 32.1. The molecule has 3 aromatic heterocycles. The average Bonchev–Trinajstić information content (AvgIpc) is 2.97. The third-order valence-corrected chi connectivity index (χ3v) is 6.26. The van der Waals surface area contributed by atoms with Crippen molar-refractivity contribution in [2.45, 2.75) is 6.92 Å². The summed E-state index contributed by atoms with van der Waals surface area (Å²) in [6.07, 6.45) is 3.84. The Bertz CT molecular complexity index is 934. The Balaban J connectivity index is 2.07. The number of aryl methyl sites for hydroxylation is 2. The van der Waals surface area contributed by atoms with Crippen LogP contribution >= 0.6 is 22.7 Å².